The zero-order valence-corrected chi connectivity index (χ0v) is 19.6. The highest BCUT2D eigenvalue weighted by atomic mass is 19.1. The first-order valence-electron chi connectivity index (χ1n) is 11.9. The summed E-state index contributed by atoms with van der Waals surface area (Å²) < 4.78 is 19.1. The Morgan fingerprint density at radius 2 is 1.86 bits per heavy atom. The number of nitrogens with one attached hydrogen (secondary N) is 1. The molecule has 0 saturated carbocycles. The highest BCUT2D eigenvalue weighted by Gasteiger charge is 2.27. The maximum absolute atomic E-state index is 13.5. The minimum absolute atomic E-state index is 0.248. The molecular weight excluding hydrogens is 447 g/mol. The van der Waals surface area contributed by atoms with E-state index in [1.165, 1.54) is 12.1 Å². The van der Waals surface area contributed by atoms with Crippen LogP contribution < -0.4 is 10.2 Å². The summed E-state index contributed by atoms with van der Waals surface area (Å²) in [7, 11) is 0. The van der Waals surface area contributed by atoms with Gasteiger partial charge in [-0.15, -0.1) is 0 Å². The lowest BCUT2D eigenvalue weighted by Gasteiger charge is -2.35. The molecule has 180 valence electrons. The van der Waals surface area contributed by atoms with Crippen molar-refractivity contribution in [2.24, 2.45) is 0 Å². The molecule has 9 heteroatoms. The van der Waals surface area contributed by atoms with E-state index in [0.717, 1.165) is 41.9 Å². The second-order valence-corrected chi connectivity index (χ2v) is 8.56. The molecule has 35 heavy (non-hydrogen) atoms. The van der Waals surface area contributed by atoms with Crippen molar-refractivity contribution in [1.82, 2.24) is 20.0 Å². The van der Waals surface area contributed by atoms with E-state index >= 15 is 0 Å². The van der Waals surface area contributed by atoms with Crippen LogP contribution in [0.3, 0.4) is 0 Å². The van der Waals surface area contributed by atoms with Gasteiger partial charge in [-0.2, -0.15) is 4.98 Å². The quantitative estimate of drug-likeness (QED) is 0.417. The zero-order valence-electron chi connectivity index (χ0n) is 19.6. The van der Waals surface area contributed by atoms with Crippen LogP contribution in [0.4, 0.5) is 20.7 Å². The van der Waals surface area contributed by atoms with Gasteiger partial charge in [-0.1, -0.05) is 54.9 Å². The van der Waals surface area contributed by atoms with Gasteiger partial charge in [-0.3, -0.25) is 0 Å². The third-order valence-electron chi connectivity index (χ3n) is 6.11. The molecule has 0 bridgehead atoms. The van der Waals surface area contributed by atoms with E-state index in [1.54, 1.807) is 17.0 Å². The Labute approximate surface area is 202 Å². The van der Waals surface area contributed by atoms with Crippen LogP contribution in [0.2, 0.25) is 0 Å². The van der Waals surface area contributed by atoms with E-state index in [9.17, 15) is 9.18 Å². The molecule has 2 aromatic carbocycles. The van der Waals surface area contributed by atoms with Gasteiger partial charge in [0.1, 0.15) is 28.5 Å². The van der Waals surface area contributed by atoms with Crippen LogP contribution in [0, 0.1) is 5.82 Å². The second kappa shape index (κ2) is 10.1. The van der Waals surface area contributed by atoms with Gasteiger partial charge in [0.2, 0.25) is 0 Å². The molecule has 1 aliphatic rings. The molecule has 1 aliphatic heterocycles. The number of fused-ring (bicyclic) bond motifs is 1. The highest BCUT2D eigenvalue weighted by molar-refractivity contribution is 5.98. The molecule has 0 radical (unpaired) electrons. The van der Waals surface area contributed by atoms with Crippen molar-refractivity contribution in [2.45, 2.75) is 26.2 Å². The van der Waals surface area contributed by atoms with Crippen LogP contribution in [-0.2, 0) is 6.42 Å². The summed E-state index contributed by atoms with van der Waals surface area (Å²) in [6.07, 6.45) is 2.79. The molecule has 8 nitrogen and oxygen atoms in total. The van der Waals surface area contributed by atoms with E-state index in [2.05, 4.69) is 27.3 Å². The van der Waals surface area contributed by atoms with Crippen LogP contribution in [-0.4, -0.2) is 52.2 Å². The monoisotopic (exact) mass is 474 g/mol. The Kier molecular flexibility index (Phi) is 6.56. The number of benzene rings is 2. The third kappa shape index (κ3) is 4.94. The van der Waals surface area contributed by atoms with Gasteiger partial charge < -0.3 is 19.6 Å². The average molecular weight is 475 g/mol. The van der Waals surface area contributed by atoms with E-state index in [-0.39, 0.29) is 11.8 Å². The summed E-state index contributed by atoms with van der Waals surface area (Å²) in [4.78, 5) is 26.2. The molecule has 4 aromatic rings. The maximum atomic E-state index is 13.5. The number of piperazine rings is 1. The molecular formula is C26H27FN6O2. The maximum Gasteiger partial charge on any atom is 0.321 e. The first-order valence-corrected chi connectivity index (χ1v) is 11.9. The van der Waals surface area contributed by atoms with Gasteiger partial charge in [0.05, 0.1) is 0 Å². The summed E-state index contributed by atoms with van der Waals surface area (Å²) in [5.74, 6) is 1.13. The van der Waals surface area contributed by atoms with Crippen molar-refractivity contribution in [2.75, 3.05) is 36.4 Å². The number of aromatic nitrogens is 3. The smallest absolute Gasteiger partial charge is 0.321 e. The number of aryl methyl sites for hydroxylation is 1. The van der Waals surface area contributed by atoms with Crippen molar-refractivity contribution in [1.29, 1.82) is 0 Å². The molecule has 0 spiro atoms. The number of nitrogens with zero attached hydrogens (tertiary/aromatic N) is 5. The number of urea groups is 1. The van der Waals surface area contributed by atoms with E-state index in [0.29, 0.717) is 43.3 Å². The lowest BCUT2D eigenvalue weighted by atomic mass is 10.1. The van der Waals surface area contributed by atoms with Crippen molar-refractivity contribution >= 4 is 28.6 Å². The topological polar surface area (TPSA) is 87.4 Å². The van der Waals surface area contributed by atoms with E-state index in [4.69, 9.17) is 9.51 Å². The van der Waals surface area contributed by atoms with Crippen LogP contribution >= 0.6 is 0 Å². The number of amides is 2. The largest absolute Gasteiger partial charge is 0.352 e. The molecule has 0 unspecified atom stereocenters. The van der Waals surface area contributed by atoms with Gasteiger partial charge in [0.25, 0.3) is 5.71 Å². The number of rotatable bonds is 6. The Hall–Kier alpha value is -4.01. The van der Waals surface area contributed by atoms with Gasteiger partial charge in [-0.25, -0.2) is 14.2 Å². The van der Waals surface area contributed by atoms with Gasteiger partial charge in [0, 0.05) is 43.9 Å². The zero-order chi connectivity index (χ0) is 24.2. The summed E-state index contributed by atoms with van der Waals surface area (Å²) >= 11 is 0. The Bertz CT molecular complexity index is 1320. The molecule has 2 amide bonds. The molecule has 2 aromatic heterocycles. The van der Waals surface area contributed by atoms with Crippen molar-refractivity contribution < 1.29 is 13.7 Å². The fourth-order valence-corrected chi connectivity index (χ4v) is 4.24. The molecule has 1 N–H and O–H groups in total. The second-order valence-electron chi connectivity index (χ2n) is 8.56. The number of carbonyl (C=O) groups excluding carboxylic acids is 1. The number of hydrogen-bond acceptors (Lipinski definition) is 6. The number of halogens is 1. The normalized spacial score (nSPS) is 13.9. The Balaban J connectivity index is 1.39. The average Bonchev–Trinajstić information content (AvgIpc) is 3.32. The van der Waals surface area contributed by atoms with Crippen LogP contribution in [0.15, 0.2) is 59.1 Å². The summed E-state index contributed by atoms with van der Waals surface area (Å²) in [5, 5.41) is 7.89. The number of anilines is 2. The highest BCUT2D eigenvalue weighted by Crippen LogP contribution is 2.34. The minimum Gasteiger partial charge on any atom is -0.352 e. The number of unbranched alkanes of at least 4 members (excludes halogenated alkanes) is 1. The Morgan fingerprint density at radius 3 is 2.60 bits per heavy atom. The number of hydrogen-bond donors (Lipinski definition) is 1. The summed E-state index contributed by atoms with van der Waals surface area (Å²) in [5.41, 5.74) is 2.56. The third-order valence-corrected chi connectivity index (χ3v) is 6.11. The fourth-order valence-electron chi connectivity index (χ4n) is 4.24. The van der Waals surface area contributed by atoms with Crippen LogP contribution in [0.5, 0.6) is 0 Å². The molecule has 0 atom stereocenters. The SMILES string of the molecule is CCCCc1nc(N2CCN(C(=O)Nc3cccc(F)c3)CC2)c2c(-c3ccccc3)noc2n1. The predicted molar refractivity (Wildman–Crippen MR) is 133 cm³/mol. The summed E-state index contributed by atoms with van der Waals surface area (Å²) in [6.45, 7) is 4.33. The fraction of sp³-hybridized carbons (Fsp3) is 0.308. The van der Waals surface area contributed by atoms with Gasteiger partial charge >= 0.3 is 6.03 Å². The Morgan fingerprint density at radius 1 is 1.06 bits per heavy atom. The first-order chi connectivity index (χ1) is 17.1. The minimum atomic E-state index is -0.387. The van der Waals surface area contributed by atoms with Gasteiger partial charge in [0.15, 0.2) is 0 Å². The molecule has 1 saturated heterocycles. The molecule has 3 heterocycles. The lowest BCUT2D eigenvalue weighted by Crippen LogP contribution is -2.50. The first kappa shape index (κ1) is 22.8. The van der Waals surface area contributed by atoms with Gasteiger partial charge in [-0.05, 0) is 24.6 Å². The van der Waals surface area contributed by atoms with Crippen molar-refractivity contribution in [3.05, 3.63) is 66.2 Å². The predicted octanol–water partition coefficient (Wildman–Crippen LogP) is 5.12. The van der Waals surface area contributed by atoms with E-state index < -0.39 is 0 Å². The van der Waals surface area contributed by atoms with E-state index in [1.807, 2.05) is 30.3 Å². The van der Waals surface area contributed by atoms with Crippen LogP contribution in [0.25, 0.3) is 22.4 Å². The van der Waals surface area contributed by atoms with Crippen molar-refractivity contribution in [3.8, 4) is 11.3 Å². The molecule has 0 aliphatic carbocycles. The lowest BCUT2D eigenvalue weighted by molar-refractivity contribution is 0.208. The number of carbonyl (C=O) groups is 1. The van der Waals surface area contributed by atoms with Crippen molar-refractivity contribution in [3.63, 3.8) is 0 Å². The standard InChI is InChI=1S/C26H27FN6O2/c1-2-3-12-21-29-24(22-23(31-35-25(22)30-21)18-8-5-4-6-9-18)32-13-15-33(16-14-32)26(34)28-20-11-7-10-19(27)17-20/h4-11,17H,2-3,12-16H2,1H3,(H,28,34). The summed E-state index contributed by atoms with van der Waals surface area (Å²) in [6, 6.07) is 15.5. The molecule has 5 rings (SSSR count). The molecule has 1 fully saturated rings. The van der Waals surface area contributed by atoms with Crippen LogP contribution in [0.1, 0.15) is 25.6 Å².